The van der Waals surface area contributed by atoms with Crippen molar-refractivity contribution in [3.63, 3.8) is 0 Å². The largest absolute Gasteiger partial charge is 0.455 e. The topological polar surface area (TPSA) is 95.9 Å². The Kier molecular flexibility index (Phi) is 14.6. The SMILES string of the molecule is C=CCC[C@H](Cc1ccccc1)C(=O)O[C@H](CNC(=O)[C@@H](CC=C)CC(=O)N(CCO)Cc1ccccc1)c1ccccc1. The van der Waals surface area contributed by atoms with Crippen molar-refractivity contribution in [2.45, 2.75) is 44.8 Å². The zero-order valence-corrected chi connectivity index (χ0v) is 25.4. The Morgan fingerprint density at radius 3 is 2.05 bits per heavy atom. The second kappa shape index (κ2) is 18.9. The molecule has 3 aromatic carbocycles. The van der Waals surface area contributed by atoms with E-state index in [9.17, 15) is 19.5 Å². The van der Waals surface area contributed by atoms with E-state index in [1.54, 1.807) is 17.1 Å². The fourth-order valence-electron chi connectivity index (χ4n) is 5.03. The van der Waals surface area contributed by atoms with Crippen LogP contribution in [0.25, 0.3) is 0 Å². The van der Waals surface area contributed by atoms with E-state index >= 15 is 0 Å². The van der Waals surface area contributed by atoms with Crippen LogP contribution in [0.4, 0.5) is 0 Å². The monoisotopic (exact) mass is 596 g/mol. The molecule has 0 aliphatic carbocycles. The Morgan fingerprint density at radius 1 is 0.841 bits per heavy atom. The van der Waals surface area contributed by atoms with Crippen molar-refractivity contribution in [3.05, 3.63) is 133 Å². The number of carbonyl (C=O) groups is 3. The van der Waals surface area contributed by atoms with Gasteiger partial charge in [0.15, 0.2) is 0 Å². The summed E-state index contributed by atoms with van der Waals surface area (Å²) in [5.74, 6) is -1.93. The molecule has 2 amide bonds. The molecule has 2 N–H and O–H groups in total. The molecule has 0 aliphatic rings. The standard InChI is InChI=1S/C37H44N2O5/c1-3-5-20-33(25-29-16-9-6-10-17-29)37(43)44-34(31-21-13-8-14-22-31)27-38-36(42)32(15-4-2)26-35(41)39(23-24-40)28-30-18-11-7-12-19-30/h3-4,6-14,16-19,21-22,32-34,40H,1-2,5,15,20,23-28H2,(H,38,42)/t32-,33+,34+/m0/s1. The number of carbonyl (C=O) groups excluding carboxylic acids is 3. The maximum atomic E-state index is 13.5. The summed E-state index contributed by atoms with van der Waals surface area (Å²) in [6.45, 7) is 7.96. The van der Waals surface area contributed by atoms with Crippen LogP contribution < -0.4 is 5.32 Å². The third-order valence-electron chi connectivity index (χ3n) is 7.45. The van der Waals surface area contributed by atoms with Gasteiger partial charge in [-0.1, -0.05) is 103 Å². The normalized spacial score (nSPS) is 12.8. The van der Waals surface area contributed by atoms with Gasteiger partial charge in [0, 0.05) is 19.5 Å². The lowest BCUT2D eigenvalue weighted by atomic mass is 9.94. The van der Waals surface area contributed by atoms with E-state index in [0.29, 0.717) is 32.2 Å². The number of esters is 1. The first-order valence-corrected chi connectivity index (χ1v) is 15.2. The molecule has 0 unspecified atom stereocenters. The number of benzene rings is 3. The lowest BCUT2D eigenvalue weighted by molar-refractivity contribution is -0.155. The van der Waals surface area contributed by atoms with E-state index in [0.717, 1.165) is 16.7 Å². The first kappa shape index (κ1) is 34.0. The van der Waals surface area contributed by atoms with Gasteiger partial charge in [-0.15, -0.1) is 13.2 Å². The van der Waals surface area contributed by atoms with Crippen molar-refractivity contribution in [1.29, 1.82) is 0 Å². The van der Waals surface area contributed by atoms with Gasteiger partial charge in [-0.3, -0.25) is 14.4 Å². The molecule has 0 heterocycles. The average Bonchev–Trinajstić information content (AvgIpc) is 3.05. The van der Waals surface area contributed by atoms with Gasteiger partial charge < -0.3 is 20.1 Å². The molecular weight excluding hydrogens is 552 g/mol. The maximum absolute atomic E-state index is 13.5. The number of nitrogens with one attached hydrogen (secondary N) is 1. The molecule has 0 bridgehead atoms. The average molecular weight is 597 g/mol. The van der Waals surface area contributed by atoms with Gasteiger partial charge in [0.25, 0.3) is 0 Å². The van der Waals surface area contributed by atoms with Gasteiger partial charge in [-0.25, -0.2) is 0 Å². The zero-order chi connectivity index (χ0) is 31.6. The number of nitrogens with zero attached hydrogens (tertiary/aromatic N) is 1. The van der Waals surface area contributed by atoms with Gasteiger partial charge in [-0.2, -0.15) is 0 Å². The molecule has 7 heteroatoms. The van der Waals surface area contributed by atoms with E-state index < -0.39 is 12.0 Å². The number of ether oxygens (including phenoxy) is 1. The third kappa shape index (κ3) is 11.3. The second-order valence-electron chi connectivity index (χ2n) is 10.8. The number of amides is 2. The summed E-state index contributed by atoms with van der Waals surface area (Å²) in [4.78, 5) is 41.7. The van der Waals surface area contributed by atoms with Crippen molar-refractivity contribution >= 4 is 17.8 Å². The minimum Gasteiger partial charge on any atom is -0.455 e. The van der Waals surface area contributed by atoms with Crippen LogP contribution in [0.1, 0.15) is 48.5 Å². The maximum Gasteiger partial charge on any atom is 0.309 e. The predicted octanol–water partition coefficient (Wildman–Crippen LogP) is 5.82. The highest BCUT2D eigenvalue weighted by atomic mass is 16.5. The molecular formula is C37H44N2O5. The van der Waals surface area contributed by atoms with Crippen molar-refractivity contribution < 1.29 is 24.2 Å². The Bertz CT molecular complexity index is 1310. The summed E-state index contributed by atoms with van der Waals surface area (Å²) >= 11 is 0. The summed E-state index contributed by atoms with van der Waals surface area (Å²) in [5.41, 5.74) is 2.74. The molecule has 0 saturated carbocycles. The first-order chi connectivity index (χ1) is 21.4. The minimum absolute atomic E-state index is 0.0405. The zero-order valence-electron chi connectivity index (χ0n) is 25.4. The number of allylic oxidation sites excluding steroid dienone is 2. The van der Waals surface area contributed by atoms with E-state index in [2.05, 4.69) is 18.5 Å². The van der Waals surface area contributed by atoms with Crippen molar-refractivity contribution in [1.82, 2.24) is 10.2 Å². The molecule has 0 spiro atoms. The van der Waals surface area contributed by atoms with Crippen LogP contribution in [0.15, 0.2) is 116 Å². The summed E-state index contributed by atoms with van der Waals surface area (Å²) in [7, 11) is 0. The number of aliphatic hydroxyl groups excluding tert-OH is 1. The molecule has 0 aliphatic heterocycles. The number of aliphatic hydroxyl groups is 1. The minimum atomic E-state index is -0.710. The van der Waals surface area contributed by atoms with Gasteiger partial charge in [0.1, 0.15) is 6.10 Å². The van der Waals surface area contributed by atoms with E-state index in [1.807, 2.05) is 91.0 Å². The van der Waals surface area contributed by atoms with E-state index in [-0.39, 0.29) is 49.8 Å². The molecule has 44 heavy (non-hydrogen) atoms. The lowest BCUT2D eigenvalue weighted by Crippen LogP contribution is -2.39. The van der Waals surface area contributed by atoms with Gasteiger partial charge in [0.05, 0.1) is 25.0 Å². The van der Waals surface area contributed by atoms with Gasteiger partial charge in [0.2, 0.25) is 11.8 Å². The number of rotatable bonds is 19. The molecule has 0 aromatic heterocycles. The Balaban J connectivity index is 1.70. The molecule has 0 saturated heterocycles. The summed E-state index contributed by atoms with van der Waals surface area (Å²) in [6, 6.07) is 28.7. The summed E-state index contributed by atoms with van der Waals surface area (Å²) in [5, 5.41) is 12.5. The fourth-order valence-corrected chi connectivity index (χ4v) is 5.03. The van der Waals surface area contributed by atoms with Crippen LogP contribution in [-0.2, 0) is 32.1 Å². The Morgan fingerprint density at radius 2 is 1.45 bits per heavy atom. The molecule has 0 radical (unpaired) electrons. The van der Waals surface area contributed by atoms with Crippen molar-refractivity contribution in [3.8, 4) is 0 Å². The highest BCUT2D eigenvalue weighted by Crippen LogP contribution is 2.23. The van der Waals surface area contributed by atoms with Crippen LogP contribution >= 0.6 is 0 Å². The van der Waals surface area contributed by atoms with Gasteiger partial charge >= 0.3 is 5.97 Å². The summed E-state index contributed by atoms with van der Waals surface area (Å²) < 4.78 is 6.06. The molecule has 0 fully saturated rings. The third-order valence-corrected chi connectivity index (χ3v) is 7.45. The quantitative estimate of drug-likeness (QED) is 0.134. The van der Waals surface area contributed by atoms with Crippen LogP contribution in [0.2, 0.25) is 0 Å². The fraction of sp³-hybridized carbons (Fsp3) is 0.324. The predicted molar refractivity (Wildman–Crippen MR) is 173 cm³/mol. The van der Waals surface area contributed by atoms with Crippen LogP contribution in [-0.4, -0.2) is 47.5 Å². The second-order valence-corrected chi connectivity index (χ2v) is 10.8. The van der Waals surface area contributed by atoms with Crippen molar-refractivity contribution in [2.24, 2.45) is 11.8 Å². The van der Waals surface area contributed by atoms with Crippen LogP contribution in [0.5, 0.6) is 0 Å². The van der Waals surface area contributed by atoms with E-state index in [4.69, 9.17) is 4.74 Å². The van der Waals surface area contributed by atoms with E-state index in [1.165, 1.54) is 0 Å². The first-order valence-electron chi connectivity index (χ1n) is 15.2. The molecule has 232 valence electrons. The van der Waals surface area contributed by atoms with Crippen molar-refractivity contribution in [2.75, 3.05) is 19.7 Å². The molecule has 3 aromatic rings. The smallest absolute Gasteiger partial charge is 0.309 e. The molecule has 3 rings (SSSR count). The van der Waals surface area contributed by atoms with Crippen LogP contribution in [0.3, 0.4) is 0 Å². The highest BCUT2D eigenvalue weighted by Gasteiger charge is 2.28. The Labute approximate surface area is 261 Å². The molecule has 3 atom stereocenters. The molecule has 7 nitrogen and oxygen atoms in total. The highest BCUT2D eigenvalue weighted by molar-refractivity contribution is 5.86. The number of hydrogen-bond acceptors (Lipinski definition) is 5. The lowest BCUT2D eigenvalue weighted by Gasteiger charge is -2.25. The Hall–Kier alpha value is -4.49. The van der Waals surface area contributed by atoms with Crippen LogP contribution in [0, 0.1) is 11.8 Å². The number of hydrogen-bond donors (Lipinski definition) is 2. The van der Waals surface area contributed by atoms with Gasteiger partial charge in [-0.05, 0) is 42.4 Å². The summed E-state index contributed by atoms with van der Waals surface area (Å²) in [6.07, 6.45) is 4.77.